The van der Waals surface area contributed by atoms with Crippen LogP contribution in [0.2, 0.25) is 0 Å². The molecule has 0 spiro atoms. The highest BCUT2D eigenvalue weighted by Gasteiger charge is 2.31. The summed E-state index contributed by atoms with van der Waals surface area (Å²) in [7, 11) is -4.35. The smallest absolute Gasteiger partial charge is 0.286 e. The van der Waals surface area contributed by atoms with Crippen molar-refractivity contribution in [3.05, 3.63) is 58.1 Å². The average molecular weight is 515 g/mol. The minimum Gasteiger partial charge on any atom is -0.506 e. The number of nitrogens with two attached hydrogens (primary N) is 1. The van der Waals surface area contributed by atoms with Crippen LogP contribution in [-0.2, 0) is 21.4 Å². The quantitative estimate of drug-likeness (QED) is 0.438. The molecule has 1 atom stereocenters. The molecule has 1 amide bonds. The number of halogens is 1. The van der Waals surface area contributed by atoms with Crippen molar-refractivity contribution in [1.82, 2.24) is 4.57 Å². The summed E-state index contributed by atoms with van der Waals surface area (Å²) in [4.78, 5) is 24.5. The molecular formula is C24H23FN4O6S. The number of amides is 1. The number of carbonyl (C=O) groups excluding carboxylic acids is 1. The summed E-state index contributed by atoms with van der Waals surface area (Å²) < 4.78 is 50.7. The summed E-state index contributed by atoms with van der Waals surface area (Å²) in [5, 5.41) is 13.8. The van der Waals surface area contributed by atoms with Gasteiger partial charge in [-0.15, -0.1) is 4.40 Å². The third kappa shape index (κ3) is 4.28. The lowest BCUT2D eigenvalue weighted by atomic mass is 10.1. The Morgan fingerprint density at radius 2 is 2.06 bits per heavy atom. The first-order valence-corrected chi connectivity index (χ1v) is 12.8. The molecule has 1 aliphatic carbocycles. The van der Waals surface area contributed by atoms with Crippen molar-refractivity contribution in [3.8, 4) is 11.5 Å². The summed E-state index contributed by atoms with van der Waals surface area (Å²) in [6, 6.07) is 7.70. The molecule has 0 bridgehead atoms. The predicted octanol–water partition coefficient (Wildman–Crippen LogP) is 2.46. The van der Waals surface area contributed by atoms with Crippen LogP contribution >= 0.6 is 0 Å². The standard InChI is InChI=1S/C24H23FN4O6S/c1-12(22(26)31)35-15-5-6-17-19(11-15)36(33,34)28-23(27-17)20-21(30)16-10-14(25)4-7-18(16)29(24(20)32)9-8-13-2-3-13/h4-7,10-13,30H,2-3,8-9H2,1H3,(H2,26,31)(H,27,28)/t12-/m0/s1. The van der Waals surface area contributed by atoms with Gasteiger partial charge in [0.2, 0.25) is 0 Å². The highest BCUT2D eigenvalue weighted by Crippen LogP contribution is 2.36. The third-order valence-electron chi connectivity index (χ3n) is 6.30. The van der Waals surface area contributed by atoms with Crippen LogP contribution in [0.5, 0.6) is 11.5 Å². The number of aromatic hydroxyl groups is 1. The van der Waals surface area contributed by atoms with Crippen LogP contribution in [0.4, 0.5) is 10.1 Å². The van der Waals surface area contributed by atoms with Gasteiger partial charge in [-0.1, -0.05) is 12.8 Å². The molecule has 1 saturated carbocycles. The first kappa shape index (κ1) is 23.8. The Balaban J connectivity index is 1.62. The minimum atomic E-state index is -4.35. The molecule has 2 aliphatic rings. The van der Waals surface area contributed by atoms with Crippen LogP contribution in [0.15, 0.2) is 50.5 Å². The summed E-state index contributed by atoms with van der Waals surface area (Å²) in [6.07, 6.45) is 1.87. The number of benzene rings is 2. The van der Waals surface area contributed by atoms with Gasteiger partial charge in [-0.05, 0) is 49.6 Å². The second kappa shape index (κ2) is 8.63. The van der Waals surface area contributed by atoms with E-state index in [4.69, 9.17) is 10.5 Å². The van der Waals surface area contributed by atoms with E-state index in [1.807, 2.05) is 0 Å². The number of nitrogens with zero attached hydrogens (tertiary/aromatic N) is 2. The second-order valence-electron chi connectivity index (χ2n) is 8.93. The maximum Gasteiger partial charge on any atom is 0.286 e. The third-order valence-corrected chi connectivity index (χ3v) is 7.62. The Kier molecular flexibility index (Phi) is 5.70. The number of carbonyl (C=O) groups is 1. The van der Waals surface area contributed by atoms with Gasteiger partial charge in [0.15, 0.2) is 11.9 Å². The summed E-state index contributed by atoms with van der Waals surface area (Å²) in [6.45, 7) is 1.75. The van der Waals surface area contributed by atoms with E-state index in [1.54, 1.807) is 0 Å². The fraction of sp³-hybridized carbons (Fsp3) is 0.292. The first-order chi connectivity index (χ1) is 17.0. The van der Waals surface area contributed by atoms with E-state index in [0.29, 0.717) is 18.0 Å². The van der Waals surface area contributed by atoms with Gasteiger partial charge in [0.1, 0.15) is 27.8 Å². The number of fused-ring (bicyclic) bond motifs is 2. The normalized spacial score (nSPS) is 17.1. The number of hydrogen-bond acceptors (Lipinski definition) is 7. The number of aromatic nitrogens is 1. The molecule has 1 aliphatic heterocycles. The number of hydrogen-bond donors (Lipinski definition) is 3. The number of rotatable bonds is 7. The van der Waals surface area contributed by atoms with Crippen LogP contribution < -0.4 is 21.3 Å². The van der Waals surface area contributed by atoms with E-state index in [2.05, 4.69) is 9.71 Å². The molecule has 0 radical (unpaired) electrons. The van der Waals surface area contributed by atoms with Gasteiger partial charge < -0.3 is 25.5 Å². The second-order valence-corrected chi connectivity index (χ2v) is 10.5. The Morgan fingerprint density at radius 1 is 1.31 bits per heavy atom. The molecule has 12 heteroatoms. The molecule has 1 aromatic heterocycles. The van der Waals surface area contributed by atoms with Gasteiger partial charge in [-0.25, -0.2) is 4.39 Å². The summed E-state index contributed by atoms with van der Waals surface area (Å²) >= 11 is 0. The van der Waals surface area contributed by atoms with E-state index < -0.39 is 39.2 Å². The molecule has 2 aromatic carbocycles. The molecule has 0 unspecified atom stereocenters. The Bertz CT molecular complexity index is 1610. The molecule has 1 fully saturated rings. The Hall–Kier alpha value is -3.93. The average Bonchev–Trinajstić information content (AvgIpc) is 3.64. The molecular weight excluding hydrogens is 491 g/mol. The zero-order valence-corrected chi connectivity index (χ0v) is 20.0. The first-order valence-electron chi connectivity index (χ1n) is 11.3. The van der Waals surface area contributed by atoms with Crippen molar-refractivity contribution >= 4 is 38.4 Å². The number of ether oxygens (including phenoxy) is 1. The van der Waals surface area contributed by atoms with E-state index in [1.165, 1.54) is 41.8 Å². The molecule has 5 rings (SSSR count). The number of sulfonamides is 1. The van der Waals surface area contributed by atoms with E-state index in [0.717, 1.165) is 25.3 Å². The fourth-order valence-corrected chi connectivity index (χ4v) is 5.29. The zero-order valence-electron chi connectivity index (χ0n) is 19.2. The predicted molar refractivity (Wildman–Crippen MR) is 130 cm³/mol. The molecule has 0 saturated heterocycles. The molecule has 2 heterocycles. The lowest BCUT2D eigenvalue weighted by Gasteiger charge is -2.21. The zero-order chi connectivity index (χ0) is 25.8. The van der Waals surface area contributed by atoms with E-state index >= 15 is 0 Å². The van der Waals surface area contributed by atoms with Gasteiger partial charge in [0.05, 0.1) is 11.2 Å². The fourth-order valence-electron chi connectivity index (χ4n) is 4.15. The van der Waals surface area contributed by atoms with E-state index in [-0.39, 0.29) is 33.1 Å². The number of pyridine rings is 1. The maximum atomic E-state index is 14.1. The van der Waals surface area contributed by atoms with E-state index in [9.17, 15) is 27.5 Å². The Labute approximate surface area is 205 Å². The number of amidine groups is 1. The molecule has 188 valence electrons. The molecule has 4 N–H and O–H groups in total. The van der Waals surface area contributed by atoms with Crippen LogP contribution in [-0.4, -0.2) is 35.9 Å². The van der Waals surface area contributed by atoms with Gasteiger partial charge in [-0.2, -0.15) is 8.42 Å². The molecule has 36 heavy (non-hydrogen) atoms. The molecule has 3 aromatic rings. The van der Waals surface area contributed by atoms with Gasteiger partial charge in [0.25, 0.3) is 21.5 Å². The van der Waals surface area contributed by atoms with Crippen molar-refractivity contribution in [2.24, 2.45) is 16.0 Å². The van der Waals surface area contributed by atoms with Gasteiger partial charge in [0, 0.05) is 18.0 Å². The molecule has 10 nitrogen and oxygen atoms in total. The Morgan fingerprint density at radius 3 is 2.75 bits per heavy atom. The van der Waals surface area contributed by atoms with Crippen LogP contribution in [0, 0.1) is 11.7 Å². The number of primary amides is 1. The topological polar surface area (TPSA) is 153 Å². The largest absolute Gasteiger partial charge is 0.506 e. The lowest BCUT2D eigenvalue weighted by molar-refractivity contribution is -0.123. The van der Waals surface area contributed by atoms with Gasteiger partial charge >= 0.3 is 0 Å². The minimum absolute atomic E-state index is 0.0669. The van der Waals surface area contributed by atoms with Crippen molar-refractivity contribution in [3.63, 3.8) is 0 Å². The summed E-state index contributed by atoms with van der Waals surface area (Å²) in [5.41, 5.74) is 4.60. The van der Waals surface area contributed by atoms with Crippen molar-refractivity contribution in [2.45, 2.75) is 43.7 Å². The van der Waals surface area contributed by atoms with Crippen molar-refractivity contribution < 1.29 is 27.4 Å². The number of nitrogens with one attached hydrogen (secondary N) is 1. The van der Waals surface area contributed by atoms with Crippen LogP contribution in [0.25, 0.3) is 10.9 Å². The highest BCUT2D eigenvalue weighted by atomic mass is 32.2. The lowest BCUT2D eigenvalue weighted by Crippen LogP contribution is -2.33. The van der Waals surface area contributed by atoms with Crippen LogP contribution in [0.1, 0.15) is 31.7 Å². The maximum absolute atomic E-state index is 14.1. The van der Waals surface area contributed by atoms with Crippen LogP contribution in [0.3, 0.4) is 0 Å². The number of anilines is 1. The van der Waals surface area contributed by atoms with Crippen molar-refractivity contribution in [1.29, 1.82) is 0 Å². The van der Waals surface area contributed by atoms with Crippen molar-refractivity contribution in [2.75, 3.05) is 5.32 Å². The summed E-state index contributed by atoms with van der Waals surface area (Å²) in [5.74, 6) is -1.72. The van der Waals surface area contributed by atoms with Gasteiger partial charge in [-0.3, -0.25) is 9.59 Å². The SMILES string of the molecule is C[C@H](Oc1ccc2c(c1)S(=O)(=O)N=C(c1c(O)c3cc(F)ccc3n(CCC3CC3)c1=O)N2)C(N)=O. The monoisotopic (exact) mass is 514 g/mol. The number of aryl methyl sites for hydroxylation is 1. The highest BCUT2D eigenvalue weighted by molar-refractivity contribution is 7.90.